The summed E-state index contributed by atoms with van der Waals surface area (Å²) in [6.45, 7) is 9.16. The van der Waals surface area contributed by atoms with Gasteiger partial charge < -0.3 is 5.32 Å². The average molecular weight is 231 g/mol. The number of hydrogen-bond donors (Lipinski definition) is 1. The van der Waals surface area contributed by atoms with Crippen molar-refractivity contribution in [1.82, 2.24) is 5.32 Å². The first-order valence-corrected chi connectivity index (χ1v) is 6.89. The van der Waals surface area contributed by atoms with Crippen molar-refractivity contribution in [3.8, 4) is 0 Å². The van der Waals surface area contributed by atoms with E-state index in [1.54, 1.807) is 0 Å². The third-order valence-electron chi connectivity index (χ3n) is 4.26. The molecule has 1 atom stereocenters. The molecule has 0 aromatic heterocycles. The predicted molar refractivity (Wildman–Crippen MR) is 74.1 cm³/mol. The van der Waals surface area contributed by atoms with E-state index in [0.29, 0.717) is 6.04 Å². The average Bonchev–Trinajstić information content (AvgIpc) is 2.22. The van der Waals surface area contributed by atoms with Gasteiger partial charge in [-0.05, 0) is 49.7 Å². The Hall–Kier alpha value is -0.820. The first-order chi connectivity index (χ1) is 8.08. The van der Waals surface area contributed by atoms with E-state index in [9.17, 15) is 0 Å². The molecule has 1 aliphatic rings. The molecule has 1 aromatic carbocycles. The van der Waals surface area contributed by atoms with Crippen molar-refractivity contribution < 1.29 is 0 Å². The molecule has 1 fully saturated rings. The fraction of sp³-hybridized carbons (Fsp3) is 0.625. The molecular formula is C16H25N. The Kier molecular flexibility index (Phi) is 3.88. The van der Waals surface area contributed by atoms with Crippen LogP contribution in [0.3, 0.4) is 0 Å². The molecule has 0 saturated heterocycles. The summed E-state index contributed by atoms with van der Waals surface area (Å²) < 4.78 is 0. The minimum Gasteiger partial charge on any atom is -0.307 e. The number of rotatable bonds is 4. The van der Waals surface area contributed by atoms with Crippen LogP contribution in [0, 0.1) is 18.8 Å². The van der Waals surface area contributed by atoms with Gasteiger partial charge in [0.15, 0.2) is 0 Å². The zero-order valence-electron chi connectivity index (χ0n) is 11.5. The van der Waals surface area contributed by atoms with Crippen molar-refractivity contribution >= 4 is 0 Å². The number of aryl methyl sites for hydroxylation is 1. The van der Waals surface area contributed by atoms with Gasteiger partial charge in [-0.3, -0.25) is 0 Å². The highest BCUT2D eigenvalue weighted by atomic mass is 15.0. The Labute approximate surface area is 106 Å². The fourth-order valence-corrected chi connectivity index (χ4v) is 2.86. The molecule has 0 spiro atoms. The third kappa shape index (κ3) is 2.90. The second-order valence-corrected chi connectivity index (χ2v) is 5.92. The summed E-state index contributed by atoms with van der Waals surface area (Å²) in [7, 11) is 0. The van der Waals surface area contributed by atoms with Crippen LogP contribution in [0.25, 0.3) is 0 Å². The summed E-state index contributed by atoms with van der Waals surface area (Å²) >= 11 is 0. The van der Waals surface area contributed by atoms with Crippen molar-refractivity contribution in [1.29, 1.82) is 0 Å². The smallest absolute Gasteiger partial charge is 0.0296 e. The van der Waals surface area contributed by atoms with Gasteiger partial charge in [-0.25, -0.2) is 0 Å². The first kappa shape index (κ1) is 12.6. The van der Waals surface area contributed by atoms with E-state index in [0.717, 1.165) is 17.9 Å². The van der Waals surface area contributed by atoms with Gasteiger partial charge in [0.1, 0.15) is 0 Å². The van der Waals surface area contributed by atoms with Crippen LogP contribution in [0.1, 0.15) is 50.8 Å². The molecule has 1 unspecified atom stereocenters. The Morgan fingerprint density at radius 2 is 1.76 bits per heavy atom. The van der Waals surface area contributed by atoms with Crippen molar-refractivity contribution in [2.75, 3.05) is 0 Å². The molecule has 2 rings (SSSR count). The van der Waals surface area contributed by atoms with Gasteiger partial charge in [0, 0.05) is 12.1 Å². The summed E-state index contributed by atoms with van der Waals surface area (Å²) in [5.74, 6) is 1.79. The fourth-order valence-electron chi connectivity index (χ4n) is 2.86. The molecule has 94 valence electrons. The zero-order chi connectivity index (χ0) is 12.4. The van der Waals surface area contributed by atoms with E-state index >= 15 is 0 Å². The highest BCUT2D eigenvalue weighted by Gasteiger charge is 2.31. The Morgan fingerprint density at radius 1 is 1.12 bits per heavy atom. The SMILES string of the molecule is Cc1ccccc1C(C)NC1CC(C(C)C)C1. The van der Waals surface area contributed by atoms with Crippen molar-refractivity contribution in [3.05, 3.63) is 35.4 Å². The maximum Gasteiger partial charge on any atom is 0.0296 e. The largest absolute Gasteiger partial charge is 0.307 e. The lowest BCUT2D eigenvalue weighted by atomic mass is 9.73. The van der Waals surface area contributed by atoms with Crippen LogP contribution in [-0.4, -0.2) is 6.04 Å². The highest BCUT2D eigenvalue weighted by Crippen LogP contribution is 2.35. The Morgan fingerprint density at radius 3 is 2.35 bits per heavy atom. The summed E-state index contributed by atoms with van der Waals surface area (Å²) in [5, 5.41) is 3.76. The normalized spacial score (nSPS) is 25.7. The number of hydrogen-bond acceptors (Lipinski definition) is 1. The topological polar surface area (TPSA) is 12.0 Å². The van der Waals surface area contributed by atoms with Crippen LogP contribution in [-0.2, 0) is 0 Å². The van der Waals surface area contributed by atoms with E-state index in [4.69, 9.17) is 0 Å². The molecule has 17 heavy (non-hydrogen) atoms. The lowest BCUT2D eigenvalue weighted by Crippen LogP contribution is -2.44. The molecule has 1 heteroatoms. The van der Waals surface area contributed by atoms with Crippen LogP contribution < -0.4 is 5.32 Å². The van der Waals surface area contributed by atoms with Crippen LogP contribution in [0.4, 0.5) is 0 Å². The maximum atomic E-state index is 3.76. The lowest BCUT2D eigenvalue weighted by Gasteiger charge is -2.40. The van der Waals surface area contributed by atoms with Gasteiger partial charge in [-0.1, -0.05) is 38.1 Å². The monoisotopic (exact) mass is 231 g/mol. The van der Waals surface area contributed by atoms with Crippen LogP contribution in [0.5, 0.6) is 0 Å². The van der Waals surface area contributed by atoms with Crippen LogP contribution in [0.2, 0.25) is 0 Å². The van der Waals surface area contributed by atoms with Gasteiger partial charge in [0.05, 0.1) is 0 Å². The third-order valence-corrected chi connectivity index (χ3v) is 4.26. The molecule has 1 saturated carbocycles. The van der Waals surface area contributed by atoms with Gasteiger partial charge in [-0.2, -0.15) is 0 Å². The van der Waals surface area contributed by atoms with E-state index in [1.807, 2.05) is 0 Å². The second kappa shape index (κ2) is 5.22. The van der Waals surface area contributed by atoms with Gasteiger partial charge >= 0.3 is 0 Å². The summed E-state index contributed by atoms with van der Waals surface area (Å²) in [6.07, 6.45) is 2.71. The minimum atomic E-state index is 0.481. The van der Waals surface area contributed by atoms with Crippen molar-refractivity contribution in [2.24, 2.45) is 11.8 Å². The van der Waals surface area contributed by atoms with E-state index in [-0.39, 0.29) is 0 Å². The summed E-state index contributed by atoms with van der Waals surface area (Å²) in [4.78, 5) is 0. The molecule has 1 nitrogen and oxygen atoms in total. The lowest BCUT2D eigenvalue weighted by molar-refractivity contribution is 0.159. The number of nitrogens with one attached hydrogen (secondary N) is 1. The molecular weight excluding hydrogens is 206 g/mol. The molecule has 0 radical (unpaired) electrons. The summed E-state index contributed by atoms with van der Waals surface area (Å²) in [5.41, 5.74) is 2.84. The van der Waals surface area contributed by atoms with Crippen LogP contribution in [0.15, 0.2) is 24.3 Å². The van der Waals surface area contributed by atoms with E-state index < -0.39 is 0 Å². The zero-order valence-corrected chi connectivity index (χ0v) is 11.5. The van der Waals surface area contributed by atoms with Gasteiger partial charge in [0.2, 0.25) is 0 Å². The van der Waals surface area contributed by atoms with E-state index in [2.05, 4.69) is 57.3 Å². The van der Waals surface area contributed by atoms with Gasteiger partial charge in [-0.15, -0.1) is 0 Å². The van der Waals surface area contributed by atoms with Crippen molar-refractivity contribution in [2.45, 2.75) is 52.6 Å². The quantitative estimate of drug-likeness (QED) is 0.823. The second-order valence-electron chi connectivity index (χ2n) is 5.92. The molecule has 1 aliphatic carbocycles. The Bertz CT molecular complexity index is 364. The predicted octanol–water partition coefficient (Wildman–Crippen LogP) is 4.08. The highest BCUT2D eigenvalue weighted by molar-refractivity contribution is 5.28. The molecule has 0 bridgehead atoms. The van der Waals surface area contributed by atoms with Crippen molar-refractivity contribution in [3.63, 3.8) is 0 Å². The first-order valence-electron chi connectivity index (χ1n) is 6.89. The summed E-state index contributed by atoms with van der Waals surface area (Å²) in [6, 6.07) is 9.91. The Balaban J connectivity index is 1.87. The molecule has 0 aliphatic heterocycles. The molecule has 1 aromatic rings. The van der Waals surface area contributed by atoms with Gasteiger partial charge in [0.25, 0.3) is 0 Å². The van der Waals surface area contributed by atoms with Crippen LogP contribution >= 0.6 is 0 Å². The standard InChI is InChI=1S/C16H25N/c1-11(2)14-9-15(10-14)17-13(4)16-8-6-5-7-12(16)3/h5-8,11,13-15,17H,9-10H2,1-4H3. The molecule has 0 heterocycles. The molecule has 1 N–H and O–H groups in total. The van der Waals surface area contributed by atoms with E-state index in [1.165, 1.54) is 24.0 Å². The number of benzene rings is 1. The maximum absolute atomic E-state index is 3.76. The minimum absolute atomic E-state index is 0.481. The molecule has 0 amide bonds.